The molecule has 0 saturated carbocycles. The lowest BCUT2D eigenvalue weighted by molar-refractivity contribution is -0.162. The second-order valence-electron chi connectivity index (χ2n) is 6.18. The number of imidazole rings is 1. The van der Waals surface area contributed by atoms with E-state index in [1.165, 1.54) is 17.0 Å². The monoisotopic (exact) mass is 360 g/mol. The van der Waals surface area contributed by atoms with Crippen molar-refractivity contribution < 1.29 is 18.7 Å². The van der Waals surface area contributed by atoms with E-state index < -0.39 is 12.1 Å². The number of nitrogens with zero attached hydrogens (tertiary/aromatic N) is 3. The standard InChI is InChI=1S/C18H21FN4O3/c1-22-15(24)11-26-17(16(22)13-3-5-14(19)6-4-13)18(25)21-7-2-9-23-10-8-20-12-23/h3-6,8,10,12,16-17H,2,7,9,11H2,1H3,(H,21,25)/t16-,17-/m0/s1. The van der Waals surface area contributed by atoms with Gasteiger partial charge in [0, 0.05) is 32.5 Å². The molecule has 1 aromatic carbocycles. The molecule has 8 heteroatoms. The summed E-state index contributed by atoms with van der Waals surface area (Å²) in [6.45, 7) is 1.07. The van der Waals surface area contributed by atoms with Gasteiger partial charge in [-0.1, -0.05) is 12.1 Å². The van der Waals surface area contributed by atoms with Gasteiger partial charge in [0.15, 0.2) is 6.10 Å². The quantitative estimate of drug-likeness (QED) is 0.784. The van der Waals surface area contributed by atoms with Gasteiger partial charge in [-0.05, 0) is 24.1 Å². The van der Waals surface area contributed by atoms with Crippen LogP contribution in [0.4, 0.5) is 4.39 Å². The number of morpholine rings is 1. The summed E-state index contributed by atoms with van der Waals surface area (Å²) >= 11 is 0. The fourth-order valence-corrected chi connectivity index (χ4v) is 2.98. The molecule has 1 aliphatic heterocycles. The second-order valence-corrected chi connectivity index (χ2v) is 6.18. The molecule has 1 aromatic heterocycles. The summed E-state index contributed by atoms with van der Waals surface area (Å²) in [5.41, 5.74) is 0.653. The van der Waals surface area contributed by atoms with Crippen molar-refractivity contribution in [1.82, 2.24) is 19.8 Å². The van der Waals surface area contributed by atoms with Gasteiger partial charge in [0.25, 0.3) is 5.91 Å². The number of carbonyl (C=O) groups is 2. The fourth-order valence-electron chi connectivity index (χ4n) is 2.98. The Balaban J connectivity index is 1.63. The van der Waals surface area contributed by atoms with E-state index in [-0.39, 0.29) is 24.2 Å². The fraction of sp³-hybridized carbons (Fsp3) is 0.389. The van der Waals surface area contributed by atoms with Gasteiger partial charge in [0.05, 0.1) is 12.4 Å². The van der Waals surface area contributed by atoms with Crippen molar-refractivity contribution in [3.05, 3.63) is 54.4 Å². The highest BCUT2D eigenvalue weighted by Crippen LogP contribution is 2.29. The molecule has 1 saturated heterocycles. The van der Waals surface area contributed by atoms with E-state index in [2.05, 4.69) is 10.3 Å². The highest BCUT2D eigenvalue weighted by molar-refractivity contribution is 5.86. The van der Waals surface area contributed by atoms with Crippen LogP contribution in [0.1, 0.15) is 18.0 Å². The zero-order valence-corrected chi connectivity index (χ0v) is 14.5. The van der Waals surface area contributed by atoms with Crippen molar-refractivity contribution in [3.8, 4) is 0 Å². The summed E-state index contributed by atoms with van der Waals surface area (Å²) in [6, 6.07) is 5.16. The molecule has 0 aliphatic carbocycles. The second kappa shape index (κ2) is 8.09. The van der Waals surface area contributed by atoms with Crippen molar-refractivity contribution in [3.63, 3.8) is 0 Å². The van der Waals surface area contributed by atoms with E-state index >= 15 is 0 Å². The molecule has 2 heterocycles. The zero-order valence-electron chi connectivity index (χ0n) is 14.5. The number of hydrogen-bond acceptors (Lipinski definition) is 4. The number of aromatic nitrogens is 2. The Bertz CT molecular complexity index is 748. The number of nitrogens with one attached hydrogen (secondary N) is 1. The Morgan fingerprint density at radius 3 is 2.85 bits per heavy atom. The van der Waals surface area contributed by atoms with Crippen molar-refractivity contribution in [2.75, 3.05) is 20.2 Å². The summed E-state index contributed by atoms with van der Waals surface area (Å²) in [6.07, 6.45) is 5.18. The number of carbonyl (C=O) groups excluding carboxylic acids is 2. The van der Waals surface area contributed by atoms with E-state index in [1.807, 2.05) is 10.8 Å². The third-order valence-electron chi connectivity index (χ3n) is 4.41. The number of aryl methyl sites for hydroxylation is 1. The van der Waals surface area contributed by atoms with Crippen LogP contribution < -0.4 is 5.32 Å². The molecule has 0 bridgehead atoms. The maximum atomic E-state index is 13.2. The Labute approximate surface area is 150 Å². The molecule has 26 heavy (non-hydrogen) atoms. The zero-order chi connectivity index (χ0) is 18.5. The molecule has 1 fully saturated rings. The lowest BCUT2D eigenvalue weighted by atomic mass is 9.97. The number of benzene rings is 1. The Morgan fingerprint density at radius 2 is 2.15 bits per heavy atom. The number of halogens is 1. The van der Waals surface area contributed by atoms with Crippen LogP contribution in [0.3, 0.4) is 0 Å². The van der Waals surface area contributed by atoms with Crippen LogP contribution in [0.5, 0.6) is 0 Å². The smallest absolute Gasteiger partial charge is 0.251 e. The Hall–Kier alpha value is -2.74. The summed E-state index contributed by atoms with van der Waals surface area (Å²) in [5.74, 6) is -0.882. The molecule has 2 aromatic rings. The van der Waals surface area contributed by atoms with Crippen molar-refractivity contribution in [2.45, 2.75) is 25.1 Å². The number of amides is 2. The summed E-state index contributed by atoms with van der Waals surface area (Å²) in [5, 5.41) is 2.85. The molecule has 0 unspecified atom stereocenters. The molecule has 7 nitrogen and oxygen atoms in total. The highest BCUT2D eigenvalue weighted by Gasteiger charge is 2.39. The molecule has 2 amide bonds. The maximum absolute atomic E-state index is 13.2. The van der Waals surface area contributed by atoms with Crippen LogP contribution in [0, 0.1) is 5.82 Å². The largest absolute Gasteiger partial charge is 0.356 e. The van der Waals surface area contributed by atoms with E-state index in [1.54, 1.807) is 31.7 Å². The maximum Gasteiger partial charge on any atom is 0.251 e. The number of rotatable bonds is 6. The molecule has 1 aliphatic rings. The van der Waals surface area contributed by atoms with E-state index in [4.69, 9.17) is 4.74 Å². The first-order valence-electron chi connectivity index (χ1n) is 8.42. The van der Waals surface area contributed by atoms with Gasteiger partial charge in [0.1, 0.15) is 12.4 Å². The van der Waals surface area contributed by atoms with E-state index in [0.717, 1.165) is 13.0 Å². The predicted molar refractivity (Wildman–Crippen MR) is 91.5 cm³/mol. The summed E-state index contributed by atoms with van der Waals surface area (Å²) in [7, 11) is 1.62. The number of hydrogen-bond donors (Lipinski definition) is 1. The molecule has 2 atom stereocenters. The van der Waals surface area contributed by atoms with Gasteiger partial charge in [-0.25, -0.2) is 9.37 Å². The SMILES string of the molecule is CN1C(=O)CO[C@H](C(=O)NCCCn2ccnc2)[C@@H]1c1ccc(F)cc1. The predicted octanol–water partition coefficient (Wildman–Crippen LogP) is 1.13. The van der Waals surface area contributed by atoms with Crippen LogP contribution in [0.25, 0.3) is 0 Å². The molecule has 0 radical (unpaired) electrons. The van der Waals surface area contributed by atoms with Crippen LogP contribution in [0.15, 0.2) is 43.0 Å². The van der Waals surface area contributed by atoms with E-state index in [0.29, 0.717) is 12.1 Å². The van der Waals surface area contributed by atoms with Crippen molar-refractivity contribution in [1.29, 1.82) is 0 Å². The Morgan fingerprint density at radius 1 is 1.38 bits per heavy atom. The number of ether oxygens (including phenoxy) is 1. The minimum Gasteiger partial charge on any atom is -0.356 e. The molecule has 3 rings (SSSR count). The highest BCUT2D eigenvalue weighted by atomic mass is 19.1. The van der Waals surface area contributed by atoms with Crippen LogP contribution >= 0.6 is 0 Å². The lowest BCUT2D eigenvalue weighted by Crippen LogP contribution is -2.53. The van der Waals surface area contributed by atoms with Gasteiger partial charge in [-0.2, -0.15) is 0 Å². The van der Waals surface area contributed by atoms with Gasteiger partial charge < -0.3 is 19.5 Å². The minimum atomic E-state index is -0.837. The van der Waals surface area contributed by atoms with Gasteiger partial charge in [-0.15, -0.1) is 0 Å². The average Bonchev–Trinajstić information content (AvgIpc) is 3.15. The summed E-state index contributed by atoms with van der Waals surface area (Å²) < 4.78 is 20.6. The van der Waals surface area contributed by atoms with Crippen LogP contribution in [-0.4, -0.2) is 52.6 Å². The van der Waals surface area contributed by atoms with Crippen LogP contribution in [0.2, 0.25) is 0 Å². The average molecular weight is 360 g/mol. The first kappa shape index (κ1) is 18.1. The first-order chi connectivity index (χ1) is 12.6. The van der Waals surface area contributed by atoms with Crippen molar-refractivity contribution in [2.24, 2.45) is 0 Å². The third-order valence-corrected chi connectivity index (χ3v) is 4.41. The lowest BCUT2D eigenvalue weighted by Gasteiger charge is -2.38. The third kappa shape index (κ3) is 4.08. The molecule has 0 spiro atoms. The van der Waals surface area contributed by atoms with Crippen molar-refractivity contribution >= 4 is 11.8 Å². The number of likely N-dealkylation sites (N-methyl/N-ethyl adjacent to an activating group) is 1. The summed E-state index contributed by atoms with van der Waals surface area (Å²) in [4.78, 5) is 30.0. The Kier molecular flexibility index (Phi) is 5.62. The van der Waals surface area contributed by atoms with E-state index in [9.17, 15) is 14.0 Å². The molecule has 1 N–H and O–H groups in total. The van der Waals surface area contributed by atoms with Gasteiger partial charge in [-0.3, -0.25) is 9.59 Å². The van der Waals surface area contributed by atoms with Gasteiger partial charge >= 0.3 is 0 Å². The van der Waals surface area contributed by atoms with Crippen LogP contribution in [-0.2, 0) is 20.9 Å². The topological polar surface area (TPSA) is 76.5 Å². The first-order valence-corrected chi connectivity index (χ1v) is 8.42. The molecule has 138 valence electrons. The van der Waals surface area contributed by atoms with Gasteiger partial charge in [0.2, 0.25) is 5.91 Å². The minimum absolute atomic E-state index is 0.151. The molecular weight excluding hydrogens is 339 g/mol. The normalized spacial score (nSPS) is 20.2. The molecular formula is C18H21FN4O3.